The molecule has 0 amide bonds. The number of hydrogen-bond acceptors (Lipinski definition) is 4. The predicted molar refractivity (Wildman–Crippen MR) is 130 cm³/mol. The van der Waals surface area contributed by atoms with E-state index in [0.29, 0.717) is 41.5 Å². The molecule has 0 aliphatic carbocycles. The van der Waals surface area contributed by atoms with Crippen molar-refractivity contribution in [1.29, 1.82) is 0 Å². The molecule has 1 unspecified atom stereocenters. The molecule has 1 heterocycles. The van der Waals surface area contributed by atoms with Crippen LogP contribution < -0.4 is 15.8 Å². The number of ether oxygens (including phenoxy) is 2. The fraction of sp³-hybridized carbons (Fsp3) is 0.350. The molecule has 0 aromatic heterocycles. The van der Waals surface area contributed by atoms with Crippen LogP contribution in [0.25, 0.3) is 0 Å². The third kappa shape index (κ3) is 6.89. The van der Waals surface area contributed by atoms with Gasteiger partial charge >= 0.3 is 0 Å². The summed E-state index contributed by atoms with van der Waals surface area (Å²) in [5.41, 5.74) is 7.97. The van der Waals surface area contributed by atoms with Gasteiger partial charge in [-0.25, -0.2) is 0 Å². The number of nitrogens with two attached hydrogens (primary N) is 1. The van der Waals surface area contributed by atoms with E-state index in [1.165, 1.54) is 0 Å². The van der Waals surface area contributed by atoms with E-state index in [1.54, 1.807) is 19.2 Å². The Morgan fingerprint density at radius 2 is 2.00 bits per heavy atom. The Hall–Kier alpha value is -1.26. The number of guanidine groups is 1. The quantitative estimate of drug-likeness (QED) is 0.316. The van der Waals surface area contributed by atoms with Gasteiger partial charge in [0.1, 0.15) is 5.75 Å². The van der Waals surface area contributed by atoms with Gasteiger partial charge in [0.05, 0.1) is 37.9 Å². The summed E-state index contributed by atoms with van der Waals surface area (Å²) in [7, 11) is 1.58. The standard InChI is InChI=1S/C20H24Cl2N4O2.HI/c1-27-19-6-5-16(12-17(19)22)25-20(23)24-13-18(26-7-9-28-10-8-26)14-3-2-4-15(21)11-14;/h2-6,11-12,18H,7-10,13H2,1H3,(H3,23,24,25);1H. The molecule has 0 saturated carbocycles. The normalized spacial score (nSPS) is 16.0. The third-order valence-corrected chi connectivity index (χ3v) is 5.11. The molecule has 0 bridgehead atoms. The molecule has 1 saturated heterocycles. The van der Waals surface area contributed by atoms with Gasteiger partial charge in [0.15, 0.2) is 5.96 Å². The first kappa shape index (κ1) is 24.0. The lowest BCUT2D eigenvalue weighted by atomic mass is 10.0. The van der Waals surface area contributed by atoms with Gasteiger partial charge in [0, 0.05) is 23.8 Å². The number of aliphatic imine (C=N–C) groups is 1. The molecule has 29 heavy (non-hydrogen) atoms. The van der Waals surface area contributed by atoms with Gasteiger partial charge in [0.2, 0.25) is 0 Å². The average Bonchev–Trinajstić information content (AvgIpc) is 2.69. The van der Waals surface area contributed by atoms with Gasteiger partial charge in [-0.05, 0) is 35.9 Å². The summed E-state index contributed by atoms with van der Waals surface area (Å²) in [6, 6.07) is 13.3. The van der Waals surface area contributed by atoms with Gasteiger partial charge in [-0.1, -0.05) is 35.3 Å². The highest BCUT2D eigenvalue weighted by molar-refractivity contribution is 14.0. The van der Waals surface area contributed by atoms with Crippen LogP contribution >= 0.6 is 47.2 Å². The van der Waals surface area contributed by atoms with E-state index in [1.807, 2.05) is 24.3 Å². The molecule has 0 spiro atoms. The molecule has 0 radical (unpaired) electrons. The third-order valence-electron chi connectivity index (χ3n) is 4.58. The summed E-state index contributed by atoms with van der Waals surface area (Å²) in [4.78, 5) is 6.90. The number of morpholine rings is 1. The van der Waals surface area contributed by atoms with Crippen molar-refractivity contribution in [2.75, 3.05) is 45.3 Å². The van der Waals surface area contributed by atoms with Gasteiger partial charge in [-0.15, -0.1) is 24.0 Å². The van der Waals surface area contributed by atoms with Crippen LogP contribution in [0.15, 0.2) is 47.5 Å². The first-order valence-electron chi connectivity index (χ1n) is 9.04. The van der Waals surface area contributed by atoms with Gasteiger partial charge in [-0.3, -0.25) is 9.89 Å². The number of hydrogen-bond donors (Lipinski definition) is 2. The van der Waals surface area contributed by atoms with Gasteiger partial charge in [-0.2, -0.15) is 0 Å². The van der Waals surface area contributed by atoms with Crippen LogP contribution in [0.2, 0.25) is 10.0 Å². The Labute approximate surface area is 198 Å². The first-order valence-corrected chi connectivity index (χ1v) is 9.80. The van der Waals surface area contributed by atoms with E-state index in [0.717, 1.165) is 24.3 Å². The highest BCUT2D eigenvalue weighted by Crippen LogP contribution is 2.27. The maximum absolute atomic E-state index is 6.20. The average molecular weight is 551 g/mol. The van der Waals surface area contributed by atoms with Crippen LogP contribution in [0.5, 0.6) is 5.75 Å². The number of halogens is 3. The summed E-state index contributed by atoms with van der Waals surface area (Å²) in [5, 5.41) is 4.29. The van der Waals surface area contributed by atoms with Crippen molar-refractivity contribution >= 4 is 58.8 Å². The van der Waals surface area contributed by atoms with E-state index in [9.17, 15) is 0 Å². The Bertz CT molecular complexity index is 832. The molecule has 158 valence electrons. The first-order chi connectivity index (χ1) is 13.6. The number of nitrogens with one attached hydrogen (secondary N) is 1. The molecule has 6 nitrogen and oxygen atoms in total. The Morgan fingerprint density at radius 1 is 1.24 bits per heavy atom. The van der Waals surface area contributed by atoms with E-state index in [2.05, 4.69) is 21.3 Å². The van der Waals surface area contributed by atoms with Crippen molar-refractivity contribution in [3.63, 3.8) is 0 Å². The predicted octanol–water partition coefficient (Wildman–Crippen LogP) is 4.42. The number of nitrogens with zero attached hydrogens (tertiary/aromatic N) is 2. The zero-order valence-corrected chi connectivity index (χ0v) is 19.9. The van der Waals surface area contributed by atoms with Gasteiger partial charge < -0.3 is 20.5 Å². The molecule has 1 fully saturated rings. The topological polar surface area (TPSA) is 72.1 Å². The van der Waals surface area contributed by atoms with Crippen molar-refractivity contribution < 1.29 is 9.47 Å². The second kappa shape index (κ2) is 11.8. The fourth-order valence-electron chi connectivity index (χ4n) is 3.15. The number of anilines is 1. The van der Waals surface area contributed by atoms with Gasteiger partial charge in [0.25, 0.3) is 0 Å². The highest BCUT2D eigenvalue weighted by atomic mass is 127. The molecule has 9 heteroatoms. The molecule has 1 aliphatic rings. The van der Waals surface area contributed by atoms with E-state index in [-0.39, 0.29) is 30.0 Å². The molecule has 2 aromatic carbocycles. The molecular weight excluding hydrogens is 526 g/mol. The summed E-state index contributed by atoms with van der Waals surface area (Å²) in [6.07, 6.45) is 0. The summed E-state index contributed by atoms with van der Waals surface area (Å²) >= 11 is 12.4. The van der Waals surface area contributed by atoms with Crippen molar-refractivity contribution in [3.8, 4) is 5.75 Å². The Balaban J connectivity index is 0.00000300. The lowest BCUT2D eigenvalue weighted by Crippen LogP contribution is -2.40. The maximum atomic E-state index is 6.20. The minimum Gasteiger partial charge on any atom is -0.495 e. The minimum atomic E-state index is 0. The van der Waals surface area contributed by atoms with Crippen molar-refractivity contribution in [2.24, 2.45) is 10.7 Å². The molecule has 1 aliphatic heterocycles. The van der Waals surface area contributed by atoms with Crippen LogP contribution in [0.4, 0.5) is 5.69 Å². The smallest absolute Gasteiger partial charge is 0.193 e. The van der Waals surface area contributed by atoms with Crippen LogP contribution in [-0.4, -0.2) is 50.8 Å². The summed E-state index contributed by atoms with van der Waals surface area (Å²) in [5.74, 6) is 0.928. The Kier molecular flexibility index (Phi) is 9.78. The molecule has 3 rings (SSSR count). The van der Waals surface area contributed by atoms with Crippen molar-refractivity contribution in [1.82, 2.24) is 4.90 Å². The monoisotopic (exact) mass is 550 g/mol. The molecular formula is C20H25Cl2IN4O2. The van der Waals surface area contributed by atoms with E-state index < -0.39 is 0 Å². The summed E-state index contributed by atoms with van der Waals surface area (Å²) < 4.78 is 10.6. The Morgan fingerprint density at radius 3 is 2.66 bits per heavy atom. The van der Waals surface area contributed by atoms with Crippen molar-refractivity contribution in [2.45, 2.75) is 6.04 Å². The molecule has 1 atom stereocenters. The second-order valence-electron chi connectivity index (χ2n) is 6.42. The van der Waals surface area contributed by atoms with Crippen LogP contribution in [0.1, 0.15) is 11.6 Å². The zero-order valence-electron chi connectivity index (χ0n) is 16.1. The van der Waals surface area contributed by atoms with Crippen LogP contribution in [0, 0.1) is 0 Å². The van der Waals surface area contributed by atoms with Crippen LogP contribution in [-0.2, 0) is 4.74 Å². The van der Waals surface area contributed by atoms with E-state index >= 15 is 0 Å². The fourth-order valence-corrected chi connectivity index (χ4v) is 3.61. The highest BCUT2D eigenvalue weighted by Gasteiger charge is 2.22. The van der Waals surface area contributed by atoms with Crippen molar-refractivity contribution in [3.05, 3.63) is 58.1 Å². The van der Waals surface area contributed by atoms with E-state index in [4.69, 9.17) is 38.4 Å². The molecule has 3 N–H and O–H groups in total. The SMILES string of the molecule is COc1ccc(NC(N)=NCC(c2cccc(Cl)c2)N2CCOCC2)cc1Cl.I. The number of rotatable bonds is 6. The van der Waals surface area contributed by atoms with Crippen LogP contribution in [0.3, 0.4) is 0 Å². The lowest BCUT2D eigenvalue weighted by Gasteiger charge is -2.34. The zero-order chi connectivity index (χ0) is 19.9. The number of methoxy groups -OCH3 is 1. The lowest BCUT2D eigenvalue weighted by molar-refractivity contribution is 0.0180. The number of benzene rings is 2. The molecule has 2 aromatic rings. The second-order valence-corrected chi connectivity index (χ2v) is 7.26. The minimum absolute atomic E-state index is 0. The largest absolute Gasteiger partial charge is 0.495 e. The summed E-state index contributed by atoms with van der Waals surface area (Å²) in [6.45, 7) is 3.60. The maximum Gasteiger partial charge on any atom is 0.193 e.